The van der Waals surface area contributed by atoms with Crippen molar-refractivity contribution in [3.8, 4) is 0 Å². The van der Waals surface area contributed by atoms with Crippen molar-refractivity contribution >= 4 is 49.3 Å². The van der Waals surface area contributed by atoms with Crippen LogP contribution in [0.2, 0.25) is 0 Å². The number of amidine groups is 1. The fourth-order valence-corrected chi connectivity index (χ4v) is 3.50. The number of carbonyl (C=O) groups is 1. The zero-order chi connectivity index (χ0) is 18.1. The smallest absolute Gasteiger partial charge is 0.278 e. The summed E-state index contributed by atoms with van der Waals surface area (Å²) in [4.78, 5) is 19.3. The highest BCUT2D eigenvalue weighted by molar-refractivity contribution is 9.10. The van der Waals surface area contributed by atoms with Crippen LogP contribution >= 0.6 is 31.9 Å². The van der Waals surface area contributed by atoms with Gasteiger partial charge in [-0.05, 0) is 54.1 Å². The van der Waals surface area contributed by atoms with E-state index in [0.717, 1.165) is 25.8 Å². The van der Waals surface area contributed by atoms with Crippen LogP contribution in [0.5, 0.6) is 0 Å². The molecule has 26 heavy (non-hydrogen) atoms. The number of hydrogen-bond acceptors (Lipinski definition) is 1. The first kappa shape index (κ1) is 17.2. The van der Waals surface area contributed by atoms with Crippen molar-refractivity contribution in [2.24, 2.45) is 4.99 Å². The highest BCUT2D eigenvalue weighted by Gasteiger charge is 2.27. The summed E-state index contributed by atoms with van der Waals surface area (Å²) in [6.07, 6.45) is 0. The topological polar surface area (TPSA) is 32.7 Å². The number of fused-ring (bicyclic) bond motifs is 1. The molecule has 0 saturated carbocycles. The number of aliphatic imine (C=N–C) groups is 1. The maximum atomic E-state index is 12.7. The van der Waals surface area contributed by atoms with Crippen LogP contribution in [-0.4, -0.2) is 11.7 Å². The average Bonchev–Trinajstić information content (AvgIpc) is 3.01. The van der Waals surface area contributed by atoms with Crippen LogP contribution in [0, 0.1) is 0 Å². The molecular weight excluding hydrogens is 456 g/mol. The second-order valence-electron chi connectivity index (χ2n) is 5.97. The molecule has 0 aromatic heterocycles. The van der Waals surface area contributed by atoms with E-state index in [9.17, 15) is 4.79 Å². The number of rotatable bonds is 2. The Bertz CT molecular complexity index is 995. The minimum Gasteiger partial charge on any atom is -0.321 e. The van der Waals surface area contributed by atoms with Crippen LogP contribution < -0.4 is 4.90 Å². The minimum absolute atomic E-state index is 0.244. The molecule has 0 radical (unpaired) electrons. The largest absolute Gasteiger partial charge is 0.321 e. The predicted molar refractivity (Wildman–Crippen MR) is 112 cm³/mol. The van der Waals surface area contributed by atoms with Crippen LogP contribution in [0.25, 0.3) is 0 Å². The zero-order valence-corrected chi connectivity index (χ0v) is 16.9. The fourth-order valence-electron chi connectivity index (χ4n) is 2.98. The summed E-state index contributed by atoms with van der Waals surface area (Å²) in [6.45, 7) is 0.699. The minimum atomic E-state index is -0.244. The second kappa shape index (κ2) is 7.17. The summed E-state index contributed by atoms with van der Waals surface area (Å²) in [7, 11) is 0. The van der Waals surface area contributed by atoms with E-state index >= 15 is 0 Å². The van der Waals surface area contributed by atoms with E-state index in [0.29, 0.717) is 17.9 Å². The number of anilines is 1. The van der Waals surface area contributed by atoms with Gasteiger partial charge in [-0.3, -0.25) is 4.79 Å². The molecule has 0 N–H and O–H groups in total. The molecule has 0 atom stereocenters. The predicted octanol–water partition coefficient (Wildman–Crippen LogP) is 5.82. The maximum absolute atomic E-state index is 12.7. The first-order valence-electron chi connectivity index (χ1n) is 8.12. The van der Waals surface area contributed by atoms with Gasteiger partial charge in [-0.1, -0.05) is 56.1 Å². The van der Waals surface area contributed by atoms with E-state index in [1.54, 1.807) is 12.1 Å². The summed E-state index contributed by atoms with van der Waals surface area (Å²) in [5.41, 5.74) is 3.74. The summed E-state index contributed by atoms with van der Waals surface area (Å²) in [5.74, 6) is 0.446. The molecule has 1 heterocycles. The van der Waals surface area contributed by atoms with E-state index in [1.165, 1.54) is 0 Å². The van der Waals surface area contributed by atoms with Crippen molar-refractivity contribution in [2.45, 2.75) is 6.54 Å². The number of nitrogens with zero attached hydrogens (tertiary/aromatic N) is 2. The van der Waals surface area contributed by atoms with Gasteiger partial charge in [-0.2, -0.15) is 4.99 Å². The molecule has 1 aliphatic heterocycles. The quantitative estimate of drug-likeness (QED) is 0.473. The van der Waals surface area contributed by atoms with E-state index < -0.39 is 0 Å². The summed E-state index contributed by atoms with van der Waals surface area (Å²) >= 11 is 6.86. The summed E-state index contributed by atoms with van der Waals surface area (Å²) in [5, 5.41) is 0. The van der Waals surface area contributed by atoms with Crippen molar-refractivity contribution in [2.75, 3.05) is 4.90 Å². The van der Waals surface area contributed by atoms with Gasteiger partial charge in [0.25, 0.3) is 5.91 Å². The Labute approximate surface area is 168 Å². The molecule has 3 aromatic carbocycles. The first-order valence-corrected chi connectivity index (χ1v) is 9.70. The average molecular weight is 470 g/mol. The summed E-state index contributed by atoms with van der Waals surface area (Å²) in [6, 6.07) is 23.4. The van der Waals surface area contributed by atoms with Crippen molar-refractivity contribution in [1.82, 2.24) is 0 Å². The number of halogens is 2. The van der Waals surface area contributed by atoms with Gasteiger partial charge in [0.2, 0.25) is 0 Å². The van der Waals surface area contributed by atoms with Gasteiger partial charge in [0, 0.05) is 25.8 Å². The highest BCUT2D eigenvalue weighted by atomic mass is 79.9. The number of benzene rings is 3. The van der Waals surface area contributed by atoms with Gasteiger partial charge in [0.05, 0.1) is 6.54 Å². The third-order valence-corrected chi connectivity index (χ3v) is 5.34. The van der Waals surface area contributed by atoms with Crippen molar-refractivity contribution < 1.29 is 4.79 Å². The Morgan fingerprint density at radius 2 is 1.46 bits per heavy atom. The van der Waals surface area contributed by atoms with Crippen LogP contribution in [0.3, 0.4) is 0 Å². The number of amides is 1. The lowest BCUT2D eigenvalue weighted by Crippen LogP contribution is -2.25. The van der Waals surface area contributed by atoms with E-state index in [-0.39, 0.29) is 5.91 Å². The number of hydrogen-bond donors (Lipinski definition) is 0. The van der Waals surface area contributed by atoms with E-state index in [1.807, 2.05) is 54.6 Å². The van der Waals surface area contributed by atoms with Crippen molar-refractivity contribution in [3.05, 3.63) is 98.4 Å². The van der Waals surface area contributed by atoms with Gasteiger partial charge in [0.1, 0.15) is 5.84 Å². The summed E-state index contributed by atoms with van der Waals surface area (Å²) < 4.78 is 1.95. The normalized spacial score (nSPS) is 14.5. The molecule has 0 fully saturated rings. The molecule has 0 saturated heterocycles. The lowest BCUT2D eigenvalue weighted by atomic mass is 10.1. The molecule has 4 rings (SSSR count). The lowest BCUT2D eigenvalue weighted by Gasteiger charge is -2.19. The molecule has 0 bridgehead atoms. The molecule has 0 unspecified atom stereocenters. The molecule has 1 amide bonds. The van der Waals surface area contributed by atoms with E-state index in [4.69, 9.17) is 0 Å². The van der Waals surface area contributed by atoms with Crippen molar-refractivity contribution in [1.29, 1.82) is 0 Å². The van der Waals surface area contributed by atoms with E-state index in [2.05, 4.69) is 47.8 Å². The molecule has 5 heteroatoms. The SMILES string of the molecule is O=C(N=C1c2ccccc2CN1c1ccc(Br)cc1)c1ccc(Br)cc1. The Hall–Kier alpha value is -2.24. The maximum Gasteiger partial charge on any atom is 0.278 e. The Kier molecular flexibility index (Phi) is 4.74. The monoisotopic (exact) mass is 468 g/mol. The van der Waals surface area contributed by atoms with Crippen LogP contribution in [0.1, 0.15) is 21.5 Å². The highest BCUT2D eigenvalue weighted by Crippen LogP contribution is 2.30. The molecular formula is C21H14Br2N2O. The lowest BCUT2D eigenvalue weighted by molar-refractivity contribution is 0.100. The number of carbonyl (C=O) groups excluding carboxylic acids is 1. The molecule has 3 aromatic rings. The molecule has 0 aliphatic carbocycles. The van der Waals surface area contributed by atoms with Gasteiger partial charge in [0.15, 0.2) is 0 Å². The standard InChI is InChI=1S/C21H14Br2N2O/c22-16-7-5-14(6-8-16)21(26)24-20-19-4-2-1-3-15(19)13-25(20)18-11-9-17(23)10-12-18/h1-12H,13H2. The fraction of sp³-hybridized carbons (Fsp3) is 0.0476. The van der Waals surface area contributed by atoms with Gasteiger partial charge in [-0.15, -0.1) is 0 Å². The third-order valence-electron chi connectivity index (χ3n) is 4.28. The molecule has 128 valence electrons. The first-order chi connectivity index (χ1) is 12.6. The van der Waals surface area contributed by atoms with Crippen LogP contribution in [0.15, 0.2) is 86.7 Å². The molecule has 0 spiro atoms. The molecule has 1 aliphatic rings. The van der Waals surface area contributed by atoms with Crippen LogP contribution in [-0.2, 0) is 6.54 Å². The molecule has 3 nitrogen and oxygen atoms in total. The van der Waals surface area contributed by atoms with Gasteiger partial charge in [-0.25, -0.2) is 0 Å². The van der Waals surface area contributed by atoms with Gasteiger partial charge < -0.3 is 4.90 Å². The third kappa shape index (κ3) is 3.37. The second-order valence-corrected chi connectivity index (χ2v) is 7.80. The van der Waals surface area contributed by atoms with Crippen LogP contribution in [0.4, 0.5) is 5.69 Å². The zero-order valence-electron chi connectivity index (χ0n) is 13.7. The van der Waals surface area contributed by atoms with Gasteiger partial charge >= 0.3 is 0 Å². The Balaban J connectivity index is 1.77. The Morgan fingerprint density at radius 1 is 0.846 bits per heavy atom. The van der Waals surface area contributed by atoms with Crippen molar-refractivity contribution in [3.63, 3.8) is 0 Å². The Morgan fingerprint density at radius 3 is 2.15 bits per heavy atom.